The van der Waals surface area contributed by atoms with Crippen LogP contribution in [0, 0.1) is 0 Å². The molecule has 0 aliphatic rings. The number of nitrogens with two attached hydrogens (primary N) is 1. The minimum absolute atomic E-state index is 0.117. The highest BCUT2D eigenvalue weighted by molar-refractivity contribution is 6.28. The Morgan fingerprint density at radius 3 is 2.33 bits per heavy atom. The molecule has 5 nitrogen and oxygen atoms in total. The molecule has 0 bridgehead atoms. The second-order valence-electron chi connectivity index (χ2n) is 3.56. The third-order valence-corrected chi connectivity index (χ3v) is 2.53. The Bertz CT molecular complexity index is 575. The van der Waals surface area contributed by atoms with Gasteiger partial charge in [0.25, 0.3) is 0 Å². The van der Waals surface area contributed by atoms with Crippen LogP contribution in [0.2, 0.25) is 5.28 Å². The number of hydrogen-bond acceptors (Lipinski definition) is 5. The number of benzene rings is 1. The smallest absolute Gasteiger partial charge is 0.224 e. The largest absolute Gasteiger partial charge is 0.490 e. The van der Waals surface area contributed by atoms with Crippen molar-refractivity contribution in [3.8, 4) is 11.5 Å². The lowest BCUT2D eigenvalue weighted by atomic mass is 10.2. The van der Waals surface area contributed by atoms with Gasteiger partial charge in [-0.05, 0) is 31.5 Å². The molecule has 0 amide bonds. The van der Waals surface area contributed by atoms with Gasteiger partial charge in [0.05, 0.1) is 18.7 Å². The van der Waals surface area contributed by atoms with Crippen molar-refractivity contribution >= 4 is 28.3 Å². The lowest BCUT2D eigenvalue weighted by Gasteiger charge is -2.12. The van der Waals surface area contributed by atoms with Gasteiger partial charge in [-0.15, -0.1) is 0 Å². The number of hydrogen-bond donors (Lipinski definition) is 1. The average Bonchev–Trinajstić information content (AvgIpc) is 2.31. The first kappa shape index (κ1) is 12.7. The van der Waals surface area contributed by atoms with Crippen LogP contribution in [0.4, 0.5) is 5.82 Å². The number of aromatic nitrogens is 2. The summed E-state index contributed by atoms with van der Waals surface area (Å²) in [6.07, 6.45) is 0. The minimum Gasteiger partial charge on any atom is -0.490 e. The first-order chi connectivity index (χ1) is 8.65. The molecule has 2 aromatic rings. The Morgan fingerprint density at radius 1 is 1.11 bits per heavy atom. The molecule has 0 aliphatic carbocycles. The van der Waals surface area contributed by atoms with Crippen LogP contribution < -0.4 is 15.2 Å². The normalized spacial score (nSPS) is 10.6. The molecule has 0 unspecified atom stereocenters. The van der Waals surface area contributed by atoms with Gasteiger partial charge in [0, 0.05) is 11.5 Å². The van der Waals surface area contributed by atoms with Gasteiger partial charge in [-0.3, -0.25) is 0 Å². The van der Waals surface area contributed by atoms with Crippen LogP contribution in [0.25, 0.3) is 10.9 Å². The predicted octanol–water partition coefficient (Wildman–Crippen LogP) is 2.66. The molecule has 1 aromatic carbocycles. The lowest BCUT2D eigenvalue weighted by Crippen LogP contribution is -2.01. The van der Waals surface area contributed by atoms with Crippen molar-refractivity contribution in [1.82, 2.24) is 9.97 Å². The fourth-order valence-corrected chi connectivity index (χ4v) is 1.85. The number of nitrogen functional groups attached to an aromatic ring is 1. The van der Waals surface area contributed by atoms with Crippen molar-refractivity contribution in [3.05, 3.63) is 17.4 Å². The Labute approximate surface area is 110 Å². The van der Waals surface area contributed by atoms with Gasteiger partial charge in [0.2, 0.25) is 5.28 Å². The monoisotopic (exact) mass is 267 g/mol. The zero-order chi connectivity index (χ0) is 13.1. The van der Waals surface area contributed by atoms with E-state index in [0.29, 0.717) is 41.4 Å². The van der Waals surface area contributed by atoms with Gasteiger partial charge in [0.15, 0.2) is 11.5 Å². The van der Waals surface area contributed by atoms with Crippen molar-refractivity contribution in [3.63, 3.8) is 0 Å². The molecule has 0 spiro atoms. The van der Waals surface area contributed by atoms with E-state index in [4.69, 9.17) is 26.8 Å². The van der Waals surface area contributed by atoms with Crippen molar-refractivity contribution in [1.29, 1.82) is 0 Å². The highest BCUT2D eigenvalue weighted by atomic mass is 35.5. The molecule has 1 heterocycles. The van der Waals surface area contributed by atoms with Crippen LogP contribution in [-0.2, 0) is 0 Å². The maximum atomic E-state index is 5.81. The fourth-order valence-electron chi connectivity index (χ4n) is 1.67. The lowest BCUT2D eigenvalue weighted by molar-refractivity contribution is 0.288. The zero-order valence-corrected chi connectivity index (χ0v) is 11.0. The van der Waals surface area contributed by atoms with Gasteiger partial charge in [-0.1, -0.05) is 0 Å². The molecule has 0 saturated carbocycles. The number of nitrogens with zero attached hydrogens (tertiary/aromatic N) is 2. The third kappa shape index (κ3) is 2.41. The van der Waals surface area contributed by atoms with E-state index in [1.165, 1.54) is 0 Å². The maximum absolute atomic E-state index is 5.81. The quantitative estimate of drug-likeness (QED) is 0.863. The Morgan fingerprint density at radius 2 is 1.72 bits per heavy atom. The van der Waals surface area contributed by atoms with Crippen molar-refractivity contribution < 1.29 is 9.47 Å². The average molecular weight is 268 g/mol. The summed E-state index contributed by atoms with van der Waals surface area (Å²) in [6.45, 7) is 4.89. The van der Waals surface area contributed by atoms with Gasteiger partial charge in [0.1, 0.15) is 5.82 Å². The molecule has 0 aliphatic heterocycles. The first-order valence-electron chi connectivity index (χ1n) is 5.68. The van der Waals surface area contributed by atoms with Crippen LogP contribution >= 0.6 is 11.6 Å². The first-order valence-corrected chi connectivity index (χ1v) is 6.05. The van der Waals surface area contributed by atoms with Gasteiger partial charge < -0.3 is 15.2 Å². The van der Waals surface area contributed by atoms with E-state index in [0.717, 1.165) is 0 Å². The zero-order valence-electron chi connectivity index (χ0n) is 10.2. The van der Waals surface area contributed by atoms with E-state index in [-0.39, 0.29) is 5.28 Å². The number of fused-ring (bicyclic) bond motifs is 1. The van der Waals surface area contributed by atoms with E-state index < -0.39 is 0 Å². The molecule has 96 valence electrons. The van der Waals surface area contributed by atoms with Crippen molar-refractivity contribution in [2.24, 2.45) is 0 Å². The summed E-state index contributed by atoms with van der Waals surface area (Å²) in [5.41, 5.74) is 6.45. The molecular weight excluding hydrogens is 254 g/mol. The molecule has 0 fully saturated rings. The van der Waals surface area contributed by atoms with Gasteiger partial charge in [-0.25, -0.2) is 9.97 Å². The van der Waals surface area contributed by atoms with E-state index in [1.807, 2.05) is 13.8 Å². The fraction of sp³-hybridized carbons (Fsp3) is 0.333. The van der Waals surface area contributed by atoms with Gasteiger partial charge >= 0.3 is 0 Å². The number of rotatable bonds is 4. The molecule has 0 radical (unpaired) electrons. The molecule has 18 heavy (non-hydrogen) atoms. The third-order valence-electron chi connectivity index (χ3n) is 2.36. The summed E-state index contributed by atoms with van der Waals surface area (Å²) < 4.78 is 11.0. The molecular formula is C12H14ClN3O2. The van der Waals surface area contributed by atoms with Crippen molar-refractivity contribution in [2.45, 2.75) is 13.8 Å². The summed E-state index contributed by atoms with van der Waals surface area (Å²) in [6, 6.07) is 3.53. The predicted molar refractivity (Wildman–Crippen MR) is 71.3 cm³/mol. The number of halogens is 1. The van der Waals surface area contributed by atoms with Crippen LogP contribution in [-0.4, -0.2) is 23.2 Å². The van der Waals surface area contributed by atoms with Crippen LogP contribution in [0.1, 0.15) is 13.8 Å². The number of anilines is 1. The molecule has 6 heteroatoms. The summed E-state index contributed by atoms with van der Waals surface area (Å²) in [4.78, 5) is 8.03. The van der Waals surface area contributed by atoms with E-state index in [2.05, 4.69) is 9.97 Å². The summed E-state index contributed by atoms with van der Waals surface area (Å²) in [5.74, 6) is 1.58. The van der Waals surface area contributed by atoms with E-state index in [1.54, 1.807) is 12.1 Å². The van der Waals surface area contributed by atoms with E-state index in [9.17, 15) is 0 Å². The van der Waals surface area contributed by atoms with Crippen LogP contribution in [0.3, 0.4) is 0 Å². The summed E-state index contributed by atoms with van der Waals surface area (Å²) in [7, 11) is 0. The molecule has 0 atom stereocenters. The summed E-state index contributed by atoms with van der Waals surface area (Å²) >= 11 is 5.78. The topological polar surface area (TPSA) is 70.3 Å². The van der Waals surface area contributed by atoms with Crippen molar-refractivity contribution in [2.75, 3.05) is 18.9 Å². The second-order valence-corrected chi connectivity index (χ2v) is 3.90. The number of ether oxygens (including phenoxy) is 2. The standard InChI is InChI=1S/C12H14ClN3O2/c1-3-17-9-5-7-8(6-10(9)18-4-2)15-12(13)16-11(7)14/h5-6H,3-4H2,1-2H3,(H2,14,15,16). The van der Waals surface area contributed by atoms with E-state index >= 15 is 0 Å². The van der Waals surface area contributed by atoms with Crippen LogP contribution in [0.15, 0.2) is 12.1 Å². The van der Waals surface area contributed by atoms with Crippen LogP contribution in [0.5, 0.6) is 11.5 Å². The Balaban J connectivity index is 2.63. The van der Waals surface area contributed by atoms with Gasteiger partial charge in [-0.2, -0.15) is 0 Å². The SMILES string of the molecule is CCOc1cc2nc(Cl)nc(N)c2cc1OCC. The highest BCUT2D eigenvalue weighted by Crippen LogP contribution is 2.34. The maximum Gasteiger partial charge on any atom is 0.224 e. The summed E-state index contributed by atoms with van der Waals surface area (Å²) in [5, 5.41) is 0.818. The Hall–Kier alpha value is -1.75. The Kier molecular flexibility index (Phi) is 3.72. The molecule has 1 aromatic heterocycles. The second kappa shape index (κ2) is 5.27. The minimum atomic E-state index is 0.117. The molecule has 2 rings (SSSR count). The molecule has 2 N–H and O–H groups in total. The molecule has 0 saturated heterocycles. The highest BCUT2D eigenvalue weighted by Gasteiger charge is 2.11.